The van der Waals surface area contributed by atoms with Gasteiger partial charge in [0.15, 0.2) is 0 Å². The fourth-order valence-corrected chi connectivity index (χ4v) is 1.10. The zero-order valence-electron chi connectivity index (χ0n) is 8.63. The maximum absolute atomic E-state index is 10.3. The van der Waals surface area contributed by atoms with Crippen LogP contribution in [0.4, 0.5) is 0 Å². The third kappa shape index (κ3) is 4.81. The van der Waals surface area contributed by atoms with Crippen molar-refractivity contribution in [1.82, 2.24) is 9.88 Å². The Morgan fingerprint density at radius 2 is 2.40 bits per heavy atom. The van der Waals surface area contributed by atoms with E-state index in [1.54, 1.807) is 12.4 Å². The summed E-state index contributed by atoms with van der Waals surface area (Å²) in [6.07, 6.45) is 5.23. The molecule has 0 atom stereocenters. The summed E-state index contributed by atoms with van der Waals surface area (Å²) in [6, 6.07) is 5.77. The van der Waals surface area contributed by atoms with Gasteiger partial charge in [-0.3, -0.25) is 4.98 Å². The number of pyridine rings is 1. The summed E-state index contributed by atoms with van der Waals surface area (Å²) < 4.78 is 0. The fraction of sp³-hybridized carbons (Fsp3) is 0.273. The first-order valence-corrected chi connectivity index (χ1v) is 4.70. The topological polar surface area (TPSA) is 53.4 Å². The monoisotopic (exact) mass is 206 g/mol. The van der Waals surface area contributed by atoms with E-state index in [1.807, 2.05) is 30.1 Å². The number of likely N-dealkylation sites (N-methyl/N-ethyl adjacent to an activating group) is 1. The molecule has 0 radical (unpaired) electrons. The third-order valence-corrected chi connectivity index (χ3v) is 1.92. The van der Waals surface area contributed by atoms with Crippen LogP contribution >= 0.6 is 0 Å². The Morgan fingerprint density at radius 3 is 3.00 bits per heavy atom. The second-order valence-corrected chi connectivity index (χ2v) is 3.21. The summed E-state index contributed by atoms with van der Waals surface area (Å²) in [6.45, 7) is 0.751. The SMILES string of the molecule is CN(C=CC(=O)O)CCc1ccccn1. The number of hydrogen-bond donors (Lipinski definition) is 1. The molecule has 0 fully saturated rings. The average Bonchev–Trinajstić information content (AvgIpc) is 2.25. The zero-order chi connectivity index (χ0) is 11.1. The van der Waals surface area contributed by atoms with Gasteiger partial charge in [-0.2, -0.15) is 0 Å². The number of carboxylic acids is 1. The molecule has 1 N–H and O–H groups in total. The molecule has 80 valence electrons. The summed E-state index contributed by atoms with van der Waals surface area (Å²) in [7, 11) is 1.84. The maximum Gasteiger partial charge on any atom is 0.329 e. The molecule has 0 spiro atoms. The summed E-state index contributed by atoms with van der Waals surface area (Å²) in [5.74, 6) is -0.931. The normalized spacial score (nSPS) is 10.5. The Hall–Kier alpha value is -1.84. The summed E-state index contributed by atoms with van der Waals surface area (Å²) in [4.78, 5) is 16.3. The van der Waals surface area contributed by atoms with Crippen LogP contribution in [0.3, 0.4) is 0 Å². The van der Waals surface area contributed by atoms with Gasteiger partial charge in [0.1, 0.15) is 0 Å². The second kappa shape index (κ2) is 5.80. The highest BCUT2D eigenvalue weighted by atomic mass is 16.4. The largest absolute Gasteiger partial charge is 0.478 e. The van der Waals surface area contributed by atoms with Crippen LogP contribution in [0.1, 0.15) is 5.69 Å². The minimum Gasteiger partial charge on any atom is -0.478 e. The van der Waals surface area contributed by atoms with Crippen molar-refractivity contribution in [3.05, 3.63) is 42.4 Å². The van der Waals surface area contributed by atoms with Crippen LogP contribution in [0.5, 0.6) is 0 Å². The first-order chi connectivity index (χ1) is 7.18. The standard InChI is InChI=1S/C11H14N2O2/c1-13(9-6-11(14)15)8-5-10-4-2-3-7-12-10/h2-4,6-7,9H,5,8H2,1H3,(H,14,15). The Kier molecular flexibility index (Phi) is 4.34. The van der Waals surface area contributed by atoms with Crippen molar-refractivity contribution >= 4 is 5.97 Å². The van der Waals surface area contributed by atoms with E-state index in [4.69, 9.17) is 5.11 Å². The van der Waals surface area contributed by atoms with Crippen molar-refractivity contribution in [1.29, 1.82) is 0 Å². The molecule has 1 aromatic heterocycles. The van der Waals surface area contributed by atoms with Gasteiger partial charge < -0.3 is 10.0 Å². The highest BCUT2D eigenvalue weighted by Crippen LogP contribution is 1.96. The van der Waals surface area contributed by atoms with Crippen LogP contribution in [0, 0.1) is 0 Å². The van der Waals surface area contributed by atoms with Crippen molar-refractivity contribution < 1.29 is 9.90 Å². The predicted molar refractivity (Wildman–Crippen MR) is 57.3 cm³/mol. The lowest BCUT2D eigenvalue weighted by Crippen LogP contribution is -2.15. The van der Waals surface area contributed by atoms with E-state index in [1.165, 1.54) is 0 Å². The summed E-state index contributed by atoms with van der Waals surface area (Å²) in [5, 5.41) is 8.42. The van der Waals surface area contributed by atoms with Gasteiger partial charge >= 0.3 is 5.97 Å². The van der Waals surface area contributed by atoms with Gasteiger partial charge in [-0.1, -0.05) is 6.07 Å². The van der Waals surface area contributed by atoms with Crippen LogP contribution in [-0.2, 0) is 11.2 Å². The first kappa shape index (κ1) is 11.2. The highest BCUT2D eigenvalue weighted by molar-refractivity contribution is 5.79. The van der Waals surface area contributed by atoms with Crippen molar-refractivity contribution in [3.63, 3.8) is 0 Å². The highest BCUT2D eigenvalue weighted by Gasteiger charge is 1.96. The summed E-state index contributed by atoms with van der Waals surface area (Å²) >= 11 is 0. The fourth-order valence-electron chi connectivity index (χ4n) is 1.10. The van der Waals surface area contributed by atoms with Gasteiger partial charge in [0, 0.05) is 44.2 Å². The van der Waals surface area contributed by atoms with Crippen LogP contribution in [-0.4, -0.2) is 34.6 Å². The van der Waals surface area contributed by atoms with Crippen LogP contribution in [0.15, 0.2) is 36.7 Å². The molecule has 4 nitrogen and oxygen atoms in total. The molecule has 0 aliphatic rings. The Morgan fingerprint density at radius 1 is 1.60 bits per heavy atom. The molecule has 0 aromatic carbocycles. The smallest absolute Gasteiger partial charge is 0.329 e. The van der Waals surface area contributed by atoms with Crippen LogP contribution < -0.4 is 0 Å². The van der Waals surface area contributed by atoms with Gasteiger partial charge in [0.25, 0.3) is 0 Å². The van der Waals surface area contributed by atoms with Crippen molar-refractivity contribution in [2.24, 2.45) is 0 Å². The summed E-state index contributed by atoms with van der Waals surface area (Å²) in [5.41, 5.74) is 1.01. The molecular weight excluding hydrogens is 192 g/mol. The molecule has 1 heterocycles. The van der Waals surface area contributed by atoms with Gasteiger partial charge in [-0.15, -0.1) is 0 Å². The van der Waals surface area contributed by atoms with Crippen molar-refractivity contribution in [3.8, 4) is 0 Å². The molecule has 15 heavy (non-hydrogen) atoms. The molecule has 1 aromatic rings. The molecule has 0 aliphatic heterocycles. The lowest BCUT2D eigenvalue weighted by atomic mass is 10.2. The Bertz CT molecular complexity index is 336. The Balaban J connectivity index is 2.34. The minimum atomic E-state index is -0.931. The maximum atomic E-state index is 10.3. The van der Waals surface area contributed by atoms with E-state index in [0.29, 0.717) is 0 Å². The van der Waals surface area contributed by atoms with E-state index in [2.05, 4.69) is 4.98 Å². The van der Waals surface area contributed by atoms with Gasteiger partial charge in [-0.05, 0) is 12.1 Å². The first-order valence-electron chi connectivity index (χ1n) is 4.70. The van der Waals surface area contributed by atoms with Crippen molar-refractivity contribution in [2.75, 3.05) is 13.6 Å². The molecule has 0 unspecified atom stereocenters. The van der Waals surface area contributed by atoms with Gasteiger partial charge in [0.2, 0.25) is 0 Å². The lowest BCUT2D eigenvalue weighted by Gasteiger charge is -2.12. The molecule has 0 saturated carbocycles. The number of aliphatic carboxylic acids is 1. The van der Waals surface area contributed by atoms with E-state index >= 15 is 0 Å². The van der Waals surface area contributed by atoms with Gasteiger partial charge in [0.05, 0.1) is 0 Å². The van der Waals surface area contributed by atoms with E-state index in [0.717, 1.165) is 24.7 Å². The van der Waals surface area contributed by atoms with Crippen LogP contribution in [0.2, 0.25) is 0 Å². The van der Waals surface area contributed by atoms with E-state index in [-0.39, 0.29) is 0 Å². The predicted octanol–water partition coefficient (Wildman–Crippen LogP) is 1.15. The number of carbonyl (C=O) groups is 1. The van der Waals surface area contributed by atoms with Gasteiger partial charge in [-0.25, -0.2) is 4.79 Å². The Labute approximate surface area is 88.9 Å². The van der Waals surface area contributed by atoms with E-state index in [9.17, 15) is 4.79 Å². The third-order valence-electron chi connectivity index (χ3n) is 1.92. The minimum absolute atomic E-state index is 0.751. The second-order valence-electron chi connectivity index (χ2n) is 3.21. The number of carboxylic acid groups (broad SMARTS) is 1. The van der Waals surface area contributed by atoms with E-state index < -0.39 is 5.97 Å². The molecule has 0 bridgehead atoms. The molecule has 0 aliphatic carbocycles. The molecule has 1 rings (SSSR count). The number of nitrogens with zero attached hydrogens (tertiary/aromatic N) is 2. The number of aromatic nitrogens is 1. The zero-order valence-corrected chi connectivity index (χ0v) is 8.63. The molecule has 0 amide bonds. The molecule has 4 heteroatoms. The number of rotatable bonds is 5. The van der Waals surface area contributed by atoms with Crippen molar-refractivity contribution in [2.45, 2.75) is 6.42 Å². The average molecular weight is 206 g/mol. The molecule has 0 saturated heterocycles. The quantitative estimate of drug-likeness (QED) is 0.734. The molecular formula is C11H14N2O2. The lowest BCUT2D eigenvalue weighted by molar-refractivity contribution is -0.131. The number of hydrogen-bond acceptors (Lipinski definition) is 3. The van der Waals surface area contributed by atoms with Crippen LogP contribution in [0.25, 0.3) is 0 Å².